The number of carboxylic acid groups (broad SMARTS) is 1. The number of nitrogens with one attached hydrogen (secondary N) is 1. The van der Waals surface area contributed by atoms with E-state index >= 15 is 0 Å². The number of hydrogen-bond acceptors (Lipinski definition) is 7. The number of anilines is 2. The van der Waals surface area contributed by atoms with E-state index in [1.54, 1.807) is 0 Å². The lowest BCUT2D eigenvalue weighted by molar-refractivity contribution is -0.158. The smallest absolute Gasteiger partial charge is 0.309 e. The van der Waals surface area contributed by atoms with Crippen LogP contribution in [0.3, 0.4) is 0 Å². The number of aliphatic hydroxyl groups is 1. The molecule has 0 spiro atoms. The van der Waals surface area contributed by atoms with Gasteiger partial charge in [-0.15, -0.1) is 0 Å². The molecule has 8 nitrogen and oxygen atoms in total. The van der Waals surface area contributed by atoms with Crippen LogP contribution in [0.5, 0.6) is 0 Å². The van der Waals surface area contributed by atoms with Crippen molar-refractivity contribution in [3.05, 3.63) is 45.1 Å². The van der Waals surface area contributed by atoms with Gasteiger partial charge in [-0.1, -0.05) is 35.3 Å². The number of benzene rings is 1. The fourth-order valence-electron chi connectivity index (χ4n) is 6.23. The molecule has 5 rings (SSSR count). The van der Waals surface area contributed by atoms with Gasteiger partial charge in [-0.3, -0.25) is 4.79 Å². The van der Waals surface area contributed by atoms with Crippen molar-refractivity contribution in [2.24, 2.45) is 17.3 Å². The third-order valence-corrected chi connectivity index (χ3v) is 9.51. The highest BCUT2D eigenvalue weighted by Crippen LogP contribution is 2.45. The predicted octanol–water partition coefficient (Wildman–Crippen LogP) is 5.16. The molecule has 2 saturated heterocycles. The Bertz CT molecular complexity index is 1200. The molecule has 0 amide bonds. The summed E-state index contributed by atoms with van der Waals surface area (Å²) in [5.74, 6) is 1.52. The average molecular weight is 563 g/mol. The van der Waals surface area contributed by atoms with Gasteiger partial charge in [0, 0.05) is 30.7 Å². The summed E-state index contributed by atoms with van der Waals surface area (Å²) in [7, 11) is 0. The monoisotopic (exact) mass is 561 g/mol. The average Bonchev–Trinajstić information content (AvgIpc) is 2.82. The Hall–Kier alpha value is -2.13. The molecule has 0 unspecified atom stereocenters. The van der Waals surface area contributed by atoms with Crippen molar-refractivity contribution < 1.29 is 15.0 Å². The number of rotatable bonds is 8. The van der Waals surface area contributed by atoms with Crippen LogP contribution in [0.4, 0.5) is 11.8 Å². The zero-order valence-corrected chi connectivity index (χ0v) is 23.8. The van der Waals surface area contributed by atoms with Crippen LogP contribution >= 0.6 is 23.2 Å². The fourth-order valence-corrected chi connectivity index (χ4v) is 6.83. The number of aliphatic hydroxyl groups excluding tert-OH is 1. The number of aryl methyl sites for hydroxylation is 1. The fraction of sp³-hybridized carbons (Fsp3) is 0.607. The minimum absolute atomic E-state index is 0.137. The van der Waals surface area contributed by atoms with Crippen LogP contribution in [-0.2, 0) is 11.4 Å². The predicted molar refractivity (Wildman–Crippen MR) is 150 cm³/mol. The zero-order chi connectivity index (χ0) is 27.2. The Balaban J connectivity index is 1.23. The van der Waals surface area contributed by atoms with Gasteiger partial charge in [0.2, 0.25) is 5.95 Å². The van der Waals surface area contributed by atoms with Crippen LogP contribution in [0, 0.1) is 24.2 Å². The SMILES string of the molecule is Cc1ccc([C@@H](C)Nc2nc(N3CC([C@H]4CCCN(C5CC(C)(C(=O)O)C5)C4)C3)nc(CO)c2Cl)c(Cl)c1. The number of hydrogen-bond donors (Lipinski definition) is 3. The standard InChI is InChI=1S/C28H37Cl2N5O3/c1-16-6-7-21(22(29)9-16)17(2)31-25-24(30)23(15-36)32-27(33-25)35-13-19(14-35)18-5-4-8-34(12-18)20-10-28(3,11-20)26(37)38/h6-7,9,17-20,36H,4-5,8,10-15H2,1-3H3,(H,37,38)(H,31,32,33)/t17-,18+,20?,28?/m1/s1. The first-order chi connectivity index (χ1) is 18.1. The molecule has 1 aromatic heterocycles. The maximum atomic E-state index is 11.5. The number of halogens is 2. The first-order valence-electron chi connectivity index (χ1n) is 13.5. The van der Waals surface area contributed by atoms with Crippen LogP contribution in [0.2, 0.25) is 10.0 Å². The molecule has 3 fully saturated rings. The molecular formula is C28H37Cl2N5O3. The van der Waals surface area contributed by atoms with Gasteiger partial charge < -0.3 is 25.3 Å². The minimum Gasteiger partial charge on any atom is -0.481 e. The van der Waals surface area contributed by atoms with Crippen LogP contribution in [0.1, 0.15) is 62.4 Å². The third-order valence-electron chi connectivity index (χ3n) is 8.79. The molecule has 3 N–H and O–H groups in total. The molecule has 3 heterocycles. The van der Waals surface area contributed by atoms with Gasteiger partial charge in [-0.2, -0.15) is 4.98 Å². The van der Waals surface area contributed by atoms with Crippen LogP contribution in [0.15, 0.2) is 18.2 Å². The summed E-state index contributed by atoms with van der Waals surface area (Å²) in [6.07, 6.45) is 3.84. The lowest BCUT2D eigenvalue weighted by Gasteiger charge is -2.52. The van der Waals surface area contributed by atoms with Crippen molar-refractivity contribution in [2.75, 3.05) is 36.4 Å². The van der Waals surface area contributed by atoms with Gasteiger partial charge in [-0.05, 0) is 82.0 Å². The quantitative estimate of drug-likeness (QED) is 0.406. The second-order valence-electron chi connectivity index (χ2n) is 11.7. The maximum absolute atomic E-state index is 11.5. The number of aliphatic carboxylic acids is 1. The Kier molecular flexibility index (Phi) is 7.80. The highest BCUT2D eigenvalue weighted by Gasteiger charge is 2.49. The minimum atomic E-state index is -0.674. The van der Waals surface area contributed by atoms with Crippen molar-refractivity contribution in [1.29, 1.82) is 0 Å². The van der Waals surface area contributed by atoms with Gasteiger partial charge in [0.1, 0.15) is 5.02 Å². The molecule has 38 heavy (non-hydrogen) atoms. The number of carboxylic acids is 1. The van der Waals surface area contributed by atoms with Gasteiger partial charge in [0.15, 0.2) is 5.82 Å². The summed E-state index contributed by atoms with van der Waals surface area (Å²) in [6, 6.07) is 6.20. The molecular weight excluding hydrogens is 525 g/mol. The summed E-state index contributed by atoms with van der Waals surface area (Å²) in [5, 5.41) is 23.8. The summed E-state index contributed by atoms with van der Waals surface area (Å²) >= 11 is 13.0. The van der Waals surface area contributed by atoms with Crippen LogP contribution in [-0.4, -0.2) is 63.3 Å². The van der Waals surface area contributed by atoms with Gasteiger partial charge in [0.25, 0.3) is 0 Å². The number of carbonyl (C=O) groups is 1. The highest BCUT2D eigenvalue weighted by molar-refractivity contribution is 6.33. The van der Waals surface area contributed by atoms with E-state index in [1.807, 2.05) is 39.0 Å². The largest absolute Gasteiger partial charge is 0.481 e. The molecule has 2 aromatic rings. The van der Waals surface area contributed by atoms with E-state index in [4.69, 9.17) is 28.2 Å². The van der Waals surface area contributed by atoms with E-state index in [0.29, 0.717) is 45.4 Å². The molecule has 0 radical (unpaired) electrons. The second kappa shape index (κ2) is 10.8. The third kappa shape index (κ3) is 5.33. The molecule has 10 heteroatoms. The Labute approximate surface area is 234 Å². The lowest BCUT2D eigenvalue weighted by atomic mass is 9.65. The van der Waals surface area contributed by atoms with Crippen LogP contribution < -0.4 is 10.2 Å². The Morgan fingerprint density at radius 3 is 2.61 bits per heavy atom. The zero-order valence-electron chi connectivity index (χ0n) is 22.3. The van der Waals surface area contributed by atoms with E-state index < -0.39 is 11.4 Å². The van der Waals surface area contributed by atoms with E-state index in [0.717, 1.165) is 56.6 Å². The molecule has 1 aliphatic carbocycles. The van der Waals surface area contributed by atoms with Crippen molar-refractivity contribution >= 4 is 40.9 Å². The van der Waals surface area contributed by atoms with Crippen molar-refractivity contribution in [3.63, 3.8) is 0 Å². The van der Waals surface area contributed by atoms with Gasteiger partial charge >= 0.3 is 5.97 Å². The molecule has 1 aromatic carbocycles. The number of piperidine rings is 1. The summed E-state index contributed by atoms with van der Waals surface area (Å²) < 4.78 is 0. The van der Waals surface area contributed by atoms with Gasteiger partial charge in [0.05, 0.1) is 23.8 Å². The molecule has 0 bridgehead atoms. The normalized spacial score (nSPS) is 26.9. The maximum Gasteiger partial charge on any atom is 0.309 e. The molecule has 206 valence electrons. The lowest BCUT2D eigenvalue weighted by Crippen LogP contribution is -2.58. The van der Waals surface area contributed by atoms with Crippen LogP contribution in [0.25, 0.3) is 0 Å². The van der Waals surface area contributed by atoms with E-state index in [1.165, 1.54) is 6.42 Å². The Morgan fingerprint density at radius 1 is 1.21 bits per heavy atom. The van der Waals surface area contributed by atoms with Crippen molar-refractivity contribution in [3.8, 4) is 0 Å². The topological polar surface area (TPSA) is 102 Å². The van der Waals surface area contributed by atoms with E-state index in [9.17, 15) is 15.0 Å². The van der Waals surface area contributed by atoms with E-state index in [2.05, 4.69) is 20.1 Å². The summed E-state index contributed by atoms with van der Waals surface area (Å²) in [6.45, 7) is 9.42. The van der Waals surface area contributed by atoms with Gasteiger partial charge in [-0.25, -0.2) is 4.98 Å². The highest BCUT2D eigenvalue weighted by atomic mass is 35.5. The second-order valence-corrected chi connectivity index (χ2v) is 12.5. The molecule has 1 saturated carbocycles. The molecule has 3 aliphatic rings. The van der Waals surface area contributed by atoms with E-state index in [-0.39, 0.29) is 12.6 Å². The van der Waals surface area contributed by atoms with Crippen molar-refractivity contribution in [1.82, 2.24) is 14.9 Å². The first kappa shape index (κ1) is 27.4. The molecule has 2 aliphatic heterocycles. The summed E-state index contributed by atoms with van der Waals surface area (Å²) in [4.78, 5) is 25.5. The first-order valence-corrected chi connectivity index (χ1v) is 14.3. The molecule has 2 atom stereocenters. The number of nitrogens with zero attached hydrogens (tertiary/aromatic N) is 4. The Morgan fingerprint density at radius 2 is 1.95 bits per heavy atom. The summed E-state index contributed by atoms with van der Waals surface area (Å²) in [5.41, 5.74) is 1.88. The number of aromatic nitrogens is 2. The number of likely N-dealkylation sites (tertiary alicyclic amines) is 1. The van der Waals surface area contributed by atoms with Crippen molar-refractivity contribution in [2.45, 2.75) is 65.1 Å².